The van der Waals surface area contributed by atoms with Crippen molar-refractivity contribution >= 4 is 28.4 Å². The first-order valence-corrected chi connectivity index (χ1v) is 7.76. The van der Waals surface area contributed by atoms with E-state index in [1.54, 1.807) is 14.2 Å². The number of benzene rings is 1. The molecule has 0 radical (unpaired) electrons. The van der Waals surface area contributed by atoms with Crippen LogP contribution in [0.3, 0.4) is 0 Å². The molecule has 0 amide bonds. The van der Waals surface area contributed by atoms with Gasteiger partial charge in [-0.05, 0) is 47.6 Å². The van der Waals surface area contributed by atoms with Gasteiger partial charge in [0.15, 0.2) is 5.82 Å². The van der Waals surface area contributed by atoms with Crippen molar-refractivity contribution in [1.29, 1.82) is 0 Å². The summed E-state index contributed by atoms with van der Waals surface area (Å²) in [7, 11) is 3.24. The number of nitrogens with zero attached hydrogens (tertiary/aromatic N) is 2. The van der Waals surface area contributed by atoms with Gasteiger partial charge in [-0.15, -0.1) is 0 Å². The van der Waals surface area contributed by atoms with Crippen LogP contribution in [0.15, 0.2) is 18.2 Å². The van der Waals surface area contributed by atoms with E-state index < -0.39 is 0 Å². The second-order valence-corrected chi connectivity index (χ2v) is 6.09. The van der Waals surface area contributed by atoms with Crippen LogP contribution < -0.4 is 15.2 Å². The molecular weight excluding hydrogens is 381 g/mol. The number of anilines is 1. The molecule has 1 aliphatic carbocycles. The number of hydrogen-bond acceptors (Lipinski definition) is 5. The third kappa shape index (κ3) is 2.90. The summed E-state index contributed by atoms with van der Waals surface area (Å²) in [5.41, 5.74) is 7.94. The smallest absolute Gasteiger partial charge is 0.162 e. The Bertz CT molecular complexity index is 665. The number of aromatic nitrogens is 2. The Balaban J connectivity index is 2.11. The fourth-order valence-corrected chi connectivity index (χ4v) is 2.86. The van der Waals surface area contributed by atoms with Gasteiger partial charge in [-0.2, -0.15) is 0 Å². The first-order valence-electron chi connectivity index (χ1n) is 6.68. The highest BCUT2D eigenvalue weighted by molar-refractivity contribution is 14.1. The van der Waals surface area contributed by atoms with Gasteiger partial charge in [-0.25, -0.2) is 9.97 Å². The summed E-state index contributed by atoms with van der Waals surface area (Å²) in [5, 5.41) is 0. The summed E-state index contributed by atoms with van der Waals surface area (Å²) in [6, 6.07) is 5.60. The minimum absolute atomic E-state index is 0.522. The summed E-state index contributed by atoms with van der Waals surface area (Å²) in [6.45, 7) is 0. The molecule has 21 heavy (non-hydrogen) atoms. The molecule has 0 saturated heterocycles. The summed E-state index contributed by atoms with van der Waals surface area (Å²) >= 11 is 2.22. The van der Waals surface area contributed by atoms with Crippen molar-refractivity contribution < 1.29 is 9.47 Å². The number of halogens is 1. The lowest BCUT2D eigenvalue weighted by molar-refractivity contribution is 0.394. The molecule has 5 nitrogen and oxygen atoms in total. The molecule has 2 N–H and O–H groups in total. The van der Waals surface area contributed by atoms with Crippen LogP contribution in [0.25, 0.3) is 11.4 Å². The van der Waals surface area contributed by atoms with Gasteiger partial charge in [0.1, 0.15) is 17.3 Å². The van der Waals surface area contributed by atoms with Crippen molar-refractivity contribution in [3.63, 3.8) is 0 Å². The third-order valence-electron chi connectivity index (χ3n) is 3.48. The molecule has 1 aromatic carbocycles. The van der Waals surface area contributed by atoms with Gasteiger partial charge in [-0.3, -0.25) is 0 Å². The summed E-state index contributed by atoms with van der Waals surface area (Å²) in [6.07, 6.45) is 2.35. The molecule has 0 aliphatic heterocycles. The second-order valence-electron chi connectivity index (χ2n) is 5.01. The minimum atomic E-state index is 0.522. The van der Waals surface area contributed by atoms with Crippen LogP contribution in [-0.4, -0.2) is 24.2 Å². The lowest BCUT2D eigenvalue weighted by atomic mass is 10.1. The molecule has 1 saturated carbocycles. The van der Waals surface area contributed by atoms with Crippen LogP contribution in [-0.2, 0) is 0 Å². The molecule has 0 spiro atoms. The Hall–Kier alpha value is -1.57. The zero-order valence-corrected chi connectivity index (χ0v) is 14.0. The van der Waals surface area contributed by atoms with E-state index in [9.17, 15) is 0 Å². The Labute approximate surface area is 137 Å². The number of hydrogen-bond donors (Lipinski definition) is 1. The lowest BCUT2D eigenvalue weighted by Gasteiger charge is -2.11. The average Bonchev–Trinajstić information content (AvgIpc) is 3.33. The molecular formula is C15H16IN3O2. The van der Waals surface area contributed by atoms with E-state index in [4.69, 9.17) is 20.2 Å². The molecule has 1 heterocycles. The number of nitrogens with two attached hydrogens (primary N) is 1. The second kappa shape index (κ2) is 5.67. The van der Waals surface area contributed by atoms with Crippen molar-refractivity contribution in [2.24, 2.45) is 0 Å². The quantitative estimate of drug-likeness (QED) is 0.803. The fourth-order valence-electron chi connectivity index (χ4n) is 2.18. The summed E-state index contributed by atoms with van der Waals surface area (Å²) in [5.74, 6) is 3.08. The Morgan fingerprint density at radius 2 is 1.71 bits per heavy atom. The highest BCUT2D eigenvalue weighted by Gasteiger charge is 2.29. The Morgan fingerprint density at radius 1 is 1.10 bits per heavy atom. The zero-order valence-electron chi connectivity index (χ0n) is 11.9. The van der Waals surface area contributed by atoms with E-state index in [1.807, 2.05) is 18.2 Å². The van der Waals surface area contributed by atoms with E-state index in [0.717, 1.165) is 14.8 Å². The van der Waals surface area contributed by atoms with E-state index in [-0.39, 0.29) is 0 Å². The van der Waals surface area contributed by atoms with Gasteiger partial charge in [-0.1, -0.05) is 0 Å². The normalized spacial score (nSPS) is 14.0. The Morgan fingerprint density at radius 3 is 2.24 bits per heavy atom. The van der Waals surface area contributed by atoms with Crippen LogP contribution in [0.4, 0.5) is 5.82 Å². The molecule has 1 aliphatic rings. The first-order chi connectivity index (χ1) is 10.1. The number of nitrogen functional groups attached to an aromatic ring is 1. The molecule has 0 bridgehead atoms. The fraction of sp³-hybridized carbons (Fsp3) is 0.333. The molecule has 6 heteroatoms. The van der Waals surface area contributed by atoms with Crippen molar-refractivity contribution in [2.75, 3.05) is 20.0 Å². The van der Waals surface area contributed by atoms with E-state index in [0.29, 0.717) is 29.1 Å². The van der Waals surface area contributed by atoms with Gasteiger partial charge >= 0.3 is 0 Å². The van der Waals surface area contributed by atoms with E-state index >= 15 is 0 Å². The van der Waals surface area contributed by atoms with Gasteiger partial charge in [0.2, 0.25) is 0 Å². The van der Waals surface area contributed by atoms with E-state index in [1.165, 1.54) is 12.8 Å². The highest BCUT2D eigenvalue weighted by atomic mass is 127. The molecule has 0 atom stereocenters. The third-order valence-corrected chi connectivity index (χ3v) is 4.58. The van der Waals surface area contributed by atoms with Gasteiger partial charge in [0.25, 0.3) is 0 Å². The average molecular weight is 397 g/mol. The molecule has 2 aromatic rings. The number of rotatable bonds is 4. The highest BCUT2D eigenvalue weighted by Crippen LogP contribution is 2.42. The largest absolute Gasteiger partial charge is 0.497 e. The molecule has 3 rings (SSSR count). The SMILES string of the molecule is COc1cc(OC)cc(-c2nc(N)c(I)c(C3CC3)n2)c1. The summed E-state index contributed by atoms with van der Waals surface area (Å²) in [4.78, 5) is 9.12. The Kier molecular flexibility index (Phi) is 3.88. The van der Waals surface area contributed by atoms with Gasteiger partial charge < -0.3 is 15.2 Å². The topological polar surface area (TPSA) is 70.3 Å². The number of ether oxygens (including phenoxy) is 2. The summed E-state index contributed by atoms with van der Waals surface area (Å²) < 4.78 is 11.6. The van der Waals surface area contributed by atoms with Crippen LogP contribution >= 0.6 is 22.6 Å². The van der Waals surface area contributed by atoms with Crippen molar-refractivity contribution in [3.8, 4) is 22.9 Å². The first kappa shape index (κ1) is 14.4. The van der Waals surface area contributed by atoms with Crippen LogP contribution in [0.5, 0.6) is 11.5 Å². The zero-order chi connectivity index (χ0) is 15.0. The standard InChI is InChI=1S/C15H16IN3O2/c1-20-10-5-9(6-11(7-10)21-2)15-18-13(8-3-4-8)12(16)14(17)19-15/h5-8H,3-4H2,1-2H3,(H2,17,18,19). The van der Waals surface area contributed by atoms with Crippen molar-refractivity contribution in [2.45, 2.75) is 18.8 Å². The predicted octanol–water partition coefficient (Wildman–Crippen LogP) is 3.23. The maximum Gasteiger partial charge on any atom is 0.162 e. The molecule has 0 unspecified atom stereocenters. The molecule has 1 fully saturated rings. The predicted molar refractivity (Wildman–Crippen MR) is 89.7 cm³/mol. The minimum Gasteiger partial charge on any atom is -0.497 e. The van der Waals surface area contributed by atoms with E-state index in [2.05, 4.69) is 27.6 Å². The monoisotopic (exact) mass is 397 g/mol. The van der Waals surface area contributed by atoms with Gasteiger partial charge in [0.05, 0.1) is 23.5 Å². The number of methoxy groups -OCH3 is 2. The molecule has 1 aromatic heterocycles. The van der Waals surface area contributed by atoms with Crippen LogP contribution in [0, 0.1) is 3.57 Å². The van der Waals surface area contributed by atoms with Gasteiger partial charge in [0, 0.05) is 17.5 Å². The van der Waals surface area contributed by atoms with Crippen LogP contribution in [0.2, 0.25) is 0 Å². The maximum absolute atomic E-state index is 6.04. The van der Waals surface area contributed by atoms with Crippen molar-refractivity contribution in [1.82, 2.24) is 9.97 Å². The lowest BCUT2D eigenvalue weighted by Crippen LogP contribution is -2.04. The maximum atomic E-state index is 6.04. The van der Waals surface area contributed by atoms with Crippen molar-refractivity contribution in [3.05, 3.63) is 27.5 Å². The van der Waals surface area contributed by atoms with Crippen LogP contribution in [0.1, 0.15) is 24.5 Å². The molecule has 110 valence electrons.